The van der Waals surface area contributed by atoms with Crippen LogP contribution in [0.15, 0.2) is 41.2 Å². The van der Waals surface area contributed by atoms with Crippen LogP contribution in [-0.4, -0.2) is 64.7 Å². The fraction of sp³-hybridized carbons (Fsp3) is 0.441. The average Bonchev–Trinajstić information content (AvgIpc) is 2.93. The molecule has 4 atom stereocenters. The van der Waals surface area contributed by atoms with E-state index in [4.69, 9.17) is 14.2 Å². The number of ether oxygens (including phenoxy) is 3. The number of ketones is 3. The van der Waals surface area contributed by atoms with Crippen LogP contribution in [0.3, 0.4) is 0 Å². The number of hydrogen-bond acceptors (Lipinski definition) is 10. The Bertz CT molecular complexity index is 1670. The predicted octanol–water partition coefficient (Wildman–Crippen LogP) is 4.88. The van der Waals surface area contributed by atoms with E-state index in [1.807, 2.05) is 0 Å². The van der Waals surface area contributed by atoms with Gasteiger partial charge < -0.3 is 34.6 Å². The van der Waals surface area contributed by atoms with Crippen molar-refractivity contribution in [2.45, 2.75) is 53.1 Å². The van der Waals surface area contributed by atoms with E-state index in [1.54, 1.807) is 45.9 Å². The highest BCUT2D eigenvalue weighted by molar-refractivity contribution is 6.24. The standard InChI is InChI=1S/C34H38O10/c1-15(2)25-27(37)23(16(3)35)30(39)34(41)31(40)26-28(38)24-19(13-32(26,4)14-33(25,34)5)18(9-10-20(24)36)17-11-21(42-6)29(44-8)22(12-17)43-7/h9-12,15,25,36,38-39,41H,13-14H2,1-8H3/t25?,32-,33-,34+/m1/s1. The molecule has 2 aromatic carbocycles. The van der Waals surface area contributed by atoms with Gasteiger partial charge in [-0.05, 0) is 60.6 Å². The molecule has 3 aliphatic rings. The molecule has 10 heteroatoms. The summed E-state index contributed by atoms with van der Waals surface area (Å²) < 4.78 is 16.6. The quantitative estimate of drug-likeness (QED) is 0.334. The van der Waals surface area contributed by atoms with Crippen molar-refractivity contribution in [3.63, 3.8) is 0 Å². The highest BCUT2D eigenvalue weighted by Gasteiger charge is 2.72. The number of benzene rings is 2. The van der Waals surface area contributed by atoms with Crippen molar-refractivity contribution in [3.8, 4) is 34.1 Å². The number of phenols is 1. The van der Waals surface area contributed by atoms with Gasteiger partial charge in [0.2, 0.25) is 11.5 Å². The number of methoxy groups -OCH3 is 3. The Morgan fingerprint density at radius 3 is 2.07 bits per heavy atom. The largest absolute Gasteiger partial charge is 0.508 e. The van der Waals surface area contributed by atoms with Crippen LogP contribution < -0.4 is 14.2 Å². The number of rotatable bonds is 6. The Morgan fingerprint density at radius 2 is 1.57 bits per heavy atom. The number of carbonyl (C=O) groups is 3. The molecule has 5 rings (SSSR count). The molecule has 0 saturated heterocycles. The van der Waals surface area contributed by atoms with Gasteiger partial charge in [0.25, 0.3) is 0 Å². The molecule has 44 heavy (non-hydrogen) atoms. The van der Waals surface area contributed by atoms with Gasteiger partial charge >= 0.3 is 0 Å². The number of phenolic OH excluding ortho intramolecular Hbond substituents is 1. The predicted molar refractivity (Wildman–Crippen MR) is 161 cm³/mol. The minimum absolute atomic E-state index is 0.00471. The van der Waals surface area contributed by atoms with E-state index in [0.29, 0.717) is 33.9 Å². The van der Waals surface area contributed by atoms with E-state index in [1.165, 1.54) is 27.4 Å². The van der Waals surface area contributed by atoms with Crippen LogP contribution >= 0.6 is 0 Å². The Hall–Kier alpha value is -4.31. The van der Waals surface area contributed by atoms with Crippen molar-refractivity contribution in [1.29, 1.82) is 0 Å². The lowest BCUT2D eigenvalue weighted by molar-refractivity contribution is -0.178. The molecular weight excluding hydrogens is 568 g/mol. The van der Waals surface area contributed by atoms with E-state index in [-0.39, 0.29) is 29.7 Å². The van der Waals surface area contributed by atoms with Crippen LogP contribution in [0.2, 0.25) is 0 Å². The molecule has 2 aromatic rings. The summed E-state index contributed by atoms with van der Waals surface area (Å²) in [5.41, 5.74) is -4.38. The number of hydrogen-bond donors (Lipinski definition) is 4. The van der Waals surface area contributed by atoms with Crippen LogP contribution in [-0.2, 0) is 20.8 Å². The molecule has 4 N–H and O–H groups in total. The van der Waals surface area contributed by atoms with E-state index < -0.39 is 62.7 Å². The van der Waals surface area contributed by atoms with E-state index >= 15 is 0 Å². The van der Waals surface area contributed by atoms with Gasteiger partial charge in [-0.3, -0.25) is 14.4 Å². The molecule has 3 aliphatic carbocycles. The van der Waals surface area contributed by atoms with Crippen molar-refractivity contribution in [3.05, 3.63) is 52.3 Å². The van der Waals surface area contributed by atoms with Crippen molar-refractivity contribution in [1.82, 2.24) is 0 Å². The van der Waals surface area contributed by atoms with Gasteiger partial charge in [0.05, 0.1) is 26.9 Å². The Morgan fingerprint density at radius 1 is 0.977 bits per heavy atom. The topological polar surface area (TPSA) is 160 Å². The number of aromatic hydroxyl groups is 1. The van der Waals surface area contributed by atoms with Crippen LogP contribution in [0.5, 0.6) is 23.0 Å². The zero-order chi connectivity index (χ0) is 32.7. The zero-order valence-corrected chi connectivity index (χ0v) is 26.1. The maximum Gasteiger partial charge on any atom is 0.203 e. The SMILES string of the molecule is COc1cc(-c2ccc(O)c3c2C[C@]2(C)C[C@]4(C)C(C(C)C)C(=O)C(C(C)=O)=C(O)[C@]4(O)C(=O)C2=C3O)cc(OC)c1OC. The summed E-state index contributed by atoms with van der Waals surface area (Å²) in [6.45, 7) is 7.97. The minimum atomic E-state index is -2.67. The summed E-state index contributed by atoms with van der Waals surface area (Å²) in [6.07, 6.45) is 0.123. The first-order valence-electron chi connectivity index (χ1n) is 14.4. The molecule has 1 saturated carbocycles. The first-order valence-corrected chi connectivity index (χ1v) is 14.4. The molecule has 0 spiro atoms. The maximum absolute atomic E-state index is 14.5. The molecule has 234 valence electrons. The third-order valence-corrected chi connectivity index (χ3v) is 9.86. The number of carbonyl (C=O) groups excluding carboxylic acids is 3. The smallest absolute Gasteiger partial charge is 0.203 e. The van der Waals surface area contributed by atoms with Gasteiger partial charge in [-0.25, -0.2) is 0 Å². The van der Waals surface area contributed by atoms with Crippen molar-refractivity contribution >= 4 is 23.1 Å². The molecule has 1 fully saturated rings. The second-order valence-corrected chi connectivity index (χ2v) is 12.9. The molecular formula is C34H38O10. The highest BCUT2D eigenvalue weighted by atomic mass is 16.5. The molecule has 10 nitrogen and oxygen atoms in total. The second kappa shape index (κ2) is 10.1. The lowest BCUT2D eigenvalue weighted by Gasteiger charge is -2.59. The molecule has 0 aliphatic heterocycles. The number of allylic oxidation sites excluding steroid dienone is 1. The van der Waals surface area contributed by atoms with Crippen LogP contribution in [0.25, 0.3) is 16.9 Å². The average molecular weight is 607 g/mol. The van der Waals surface area contributed by atoms with Gasteiger partial charge in [0.1, 0.15) is 22.8 Å². The second-order valence-electron chi connectivity index (χ2n) is 12.9. The molecule has 0 bridgehead atoms. The summed E-state index contributed by atoms with van der Waals surface area (Å²) in [4.78, 5) is 40.8. The summed E-state index contributed by atoms with van der Waals surface area (Å²) in [6, 6.07) is 6.55. The molecule has 1 unspecified atom stereocenters. The number of Topliss-reactive ketones (excluding diaryl/α,β-unsaturated/α-hetero) is 3. The molecule has 0 amide bonds. The summed E-state index contributed by atoms with van der Waals surface area (Å²) in [5.74, 6) is -4.48. The first kappa shape index (κ1) is 31.1. The number of aliphatic hydroxyl groups excluding tert-OH is 2. The normalized spacial score (nSPS) is 28.0. The maximum atomic E-state index is 14.5. The Balaban J connectivity index is 1.82. The Kier molecular flexibility index (Phi) is 7.16. The van der Waals surface area contributed by atoms with Crippen LogP contribution in [0.4, 0.5) is 0 Å². The van der Waals surface area contributed by atoms with E-state index in [9.17, 15) is 34.8 Å². The fourth-order valence-corrected chi connectivity index (χ4v) is 8.23. The number of fused-ring (bicyclic) bond motifs is 3. The van der Waals surface area contributed by atoms with E-state index in [2.05, 4.69) is 0 Å². The fourth-order valence-electron chi connectivity index (χ4n) is 8.23. The van der Waals surface area contributed by atoms with Gasteiger partial charge in [-0.2, -0.15) is 0 Å². The van der Waals surface area contributed by atoms with Gasteiger partial charge in [-0.1, -0.05) is 33.8 Å². The third-order valence-electron chi connectivity index (χ3n) is 9.86. The molecule has 0 aromatic heterocycles. The summed E-state index contributed by atoms with van der Waals surface area (Å²) in [5, 5.41) is 46.4. The molecule has 0 radical (unpaired) electrons. The molecule has 0 heterocycles. The summed E-state index contributed by atoms with van der Waals surface area (Å²) in [7, 11) is 4.47. The lowest BCUT2D eigenvalue weighted by atomic mass is 9.43. The number of aliphatic hydroxyl groups is 3. The monoisotopic (exact) mass is 606 g/mol. The Labute approximate surface area is 255 Å². The summed E-state index contributed by atoms with van der Waals surface area (Å²) >= 11 is 0. The van der Waals surface area contributed by atoms with Crippen LogP contribution in [0, 0.1) is 22.7 Å². The van der Waals surface area contributed by atoms with Crippen LogP contribution in [0.1, 0.15) is 52.2 Å². The van der Waals surface area contributed by atoms with Gasteiger partial charge in [-0.15, -0.1) is 0 Å². The van der Waals surface area contributed by atoms with Crippen molar-refractivity contribution in [2.24, 2.45) is 22.7 Å². The first-order chi connectivity index (χ1) is 20.5. The lowest BCUT2D eigenvalue weighted by Crippen LogP contribution is -2.69. The zero-order valence-electron chi connectivity index (χ0n) is 26.1. The van der Waals surface area contributed by atoms with E-state index in [0.717, 1.165) is 6.92 Å². The van der Waals surface area contributed by atoms with Gasteiger partial charge in [0, 0.05) is 22.3 Å². The van der Waals surface area contributed by atoms with Gasteiger partial charge in [0.15, 0.2) is 28.7 Å². The minimum Gasteiger partial charge on any atom is -0.508 e. The van der Waals surface area contributed by atoms with Crippen molar-refractivity contribution < 1.29 is 49.0 Å². The van der Waals surface area contributed by atoms with Crippen molar-refractivity contribution in [2.75, 3.05) is 21.3 Å². The highest BCUT2D eigenvalue weighted by Crippen LogP contribution is 2.65. The third kappa shape index (κ3) is 3.86.